The van der Waals surface area contributed by atoms with Gasteiger partial charge in [-0.05, 0) is 13.3 Å². The lowest BCUT2D eigenvalue weighted by Crippen LogP contribution is -2.25. The third kappa shape index (κ3) is 4.77. The molecule has 92 valence electrons. The molecule has 0 aliphatic heterocycles. The van der Waals surface area contributed by atoms with Gasteiger partial charge < -0.3 is 10.4 Å². The average molecular weight is 225 g/mol. The fourth-order valence-electron chi connectivity index (χ4n) is 1.63. The molecule has 2 N–H and O–H groups in total. The number of aliphatic hydroxyl groups is 1. The Bertz CT molecular complexity index is 286. The maximum atomic E-state index is 8.77. The van der Waals surface area contributed by atoms with Gasteiger partial charge in [0.2, 0.25) is 0 Å². The predicted molar refractivity (Wildman–Crippen MR) is 65.1 cm³/mol. The van der Waals surface area contributed by atoms with Gasteiger partial charge in [0, 0.05) is 24.3 Å². The van der Waals surface area contributed by atoms with Crippen LogP contribution in [0.25, 0.3) is 0 Å². The molecule has 0 aromatic carbocycles. The van der Waals surface area contributed by atoms with Crippen LogP contribution < -0.4 is 5.32 Å². The van der Waals surface area contributed by atoms with Crippen molar-refractivity contribution >= 4 is 0 Å². The highest BCUT2D eigenvalue weighted by molar-refractivity contribution is 5.03. The van der Waals surface area contributed by atoms with Crippen molar-refractivity contribution in [2.75, 3.05) is 6.61 Å². The van der Waals surface area contributed by atoms with Crippen molar-refractivity contribution in [2.24, 2.45) is 0 Å². The molecule has 0 radical (unpaired) electrons. The van der Waals surface area contributed by atoms with Crippen LogP contribution in [0.2, 0.25) is 0 Å². The Kier molecular flexibility index (Phi) is 6.11. The molecule has 0 bridgehead atoms. The van der Waals surface area contributed by atoms with Crippen molar-refractivity contribution in [3.8, 4) is 0 Å². The zero-order valence-electron chi connectivity index (χ0n) is 10.3. The van der Waals surface area contributed by atoms with Crippen molar-refractivity contribution < 1.29 is 5.11 Å². The van der Waals surface area contributed by atoms with Gasteiger partial charge in [-0.1, -0.05) is 19.8 Å². The molecule has 0 saturated carbocycles. The number of aromatic nitrogens is 2. The van der Waals surface area contributed by atoms with E-state index in [-0.39, 0.29) is 6.61 Å². The Hall–Kier alpha value is -0.870. The molecule has 0 fully saturated rings. The largest absolute Gasteiger partial charge is 0.394 e. The van der Waals surface area contributed by atoms with Crippen LogP contribution >= 0.6 is 0 Å². The van der Waals surface area contributed by atoms with Gasteiger partial charge in [0.25, 0.3) is 0 Å². The van der Waals surface area contributed by atoms with Crippen LogP contribution in [0.4, 0.5) is 0 Å². The third-order valence-electron chi connectivity index (χ3n) is 2.66. The molecule has 16 heavy (non-hydrogen) atoms. The highest BCUT2D eigenvalue weighted by Gasteiger charge is 2.02. The van der Waals surface area contributed by atoms with Gasteiger partial charge in [0.1, 0.15) is 0 Å². The average Bonchev–Trinajstić information content (AvgIpc) is 2.72. The van der Waals surface area contributed by atoms with Gasteiger partial charge in [-0.25, -0.2) is 0 Å². The summed E-state index contributed by atoms with van der Waals surface area (Å²) < 4.78 is 1.77. The molecule has 1 heterocycles. The first kappa shape index (κ1) is 13.2. The first-order chi connectivity index (χ1) is 7.76. The van der Waals surface area contributed by atoms with Gasteiger partial charge in [-0.2, -0.15) is 5.10 Å². The minimum Gasteiger partial charge on any atom is -0.394 e. The van der Waals surface area contributed by atoms with Crippen LogP contribution in [0.1, 0.15) is 38.7 Å². The SMILES string of the molecule is CCCCC(C)NCc1cnn(CCO)c1. The maximum Gasteiger partial charge on any atom is 0.0640 e. The summed E-state index contributed by atoms with van der Waals surface area (Å²) in [6.45, 7) is 6.00. The number of aliphatic hydroxyl groups excluding tert-OH is 1. The maximum absolute atomic E-state index is 8.77. The lowest BCUT2D eigenvalue weighted by Gasteiger charge is -2.11. The van der Waals surface area contributed by atoms with E-state index in [1.165, 1.54) is 24.8 Å². The van der Waals surface area contributed by atoms with Crippen molar-refractivity contribution in [2.45, 2.75) is 52.2 Å². The summed E-state index contributed by atoms with van der Waals surface area (Å²) in [5.41, 5.74) is 1.18. The molecule has 0 amide bonds. The molecule has 0 aliphatic rings. The smallest absolute Gasteiger partial charge is 0.0640 e. The van der Waals surface area contributed by atoms with Gasteiger partial charge in [-0.15, -0.1) is 0 Å². The predicted octanol–water partition coefficient (Wildman–Crippen LogP) is 1.54. The molecule has 0 saturated heterocycles. The normalized spacial score (nSPS) is 12.9. The van der Waals surface area contributed by atoms with E-state index < -0.39 is 0 Å². The highest BCUT2D eigenvalue weighted by Crippen LogP contribution is 2.02. The lowest BCUT2D eigenvalue weighted by molar-refractivity contribution is 0.269. The number of nitrogens with one attached hydrogen (secondary N) is 1. The van der Waals surface area contributed by atoms with E-state index in [9.17, 15) is 0 Å². The Morgan fingerprint density at radius 1 is 1.56 bits per heavy atom. The van der Waals surface area contributed by atoms with Gasteiger partial charge in [0.05, 0.1) is 19.3 Å². The first-order valence-corrected chi connectivity index (χ1v) is 6.11. The second kappa shape index (κ2) is 7.41. The van der Waals surface area contributed by atoms with Crippen LogP contribution in [0, 0.1) is 0 Å². The molecule has 4 heteroatoms. The summed E-state index contributed by atoms with van der Waals surface area (Å²) in [5.74, 6) is 0. The van der Waals surface area contributed by atoms with Gasteiger partial charge in [0.15, 0.2) is 0 Å². The Balaban J connectivity index is 2.25. The van der Waals surface area contributed by atoms with Gasteiger partial charge in [-0.3, -0.25) is 4.68 Å². The number of hydrogen-bond donors (Lipinski definition) is 2. The topological polar surface area (TPSA) is 50.1 Å². The highest BCUT2D eigenvalue weighted by atomic mass is 16.3. The van der Waals surface area contributed by atoms with E-state index in [1.807, 2.05) is 12.4 Å². The van der Waals surface area contributed by atoms with E-state index in [0.29, 0.717) is 12.6 Å². The summed E-state index contributed by atoms with van der Waals surface area (Å²) in [4.78, 5) is 0. The minimum atomic E-state index is 0.140. The van der Waals surface area contributed by atoms with Crippen LogP contribution in [0.5, 0.6) is 0 Å². The summed E-state index contributed by atoms with van der Waals surface area (Å²) in [5, 5.41) is 16.4. The number of rotatable bonds is 8. The van der Waals surface area contributed by atoms with Crippen molar-refractivity contribution in [1.82, 2.24) is 15.1 Å². The fraction of sp³-hybridized carbons (Fsp3) is 0.750. The Labute approximate surface area is 97.7 Å². The standard InChI is InChI=1S/C12H23N3O/c1-3-4-5-11(2)13-8-12-9-14-15(10-12)6-7-16/h9-11,13,16H,3-8H2,1-2H3. The molecular weight excluding hydrogens is 202 g/mol. The van der Waals surface area contributed by atoms with Crippen molar-refractivity contribution in [1.29, 1.82) is 0 Å². The molecule has 1 unspecified atom stereocenters. The molecule has 1 rings (SSSR count). The molecule has 4 nitrogen and oxygen atoms in total. The molecule has 1 aromatic rings. The van der Waals surface area contributed by atoms with Crippen LogP contribution in [0.15, 0.2) is 12.4 Å². The molecular formula is C12H23N3O. The first-order valence-electron chi connectivity index (χ1n) is 6.11. The lowest BCUT2D eigenvalue weighted by atomic mass is 10.1. The van der Waals surface area contributed by atoms with E-state index in [1.54, 1.807) is 4.68 Å². The summed E-state index contributed by atoms with van der Waals surface area (Å²) in [6, 6.07) is 0.557. The summed E-state index contributed by atoms with van der Waals surface area (Å²) >= 11 is 0. The Morgan fingerprint density at radius 3 is 3.06 bits per heavy atom. The monoisotopic (exact) mass is 225 g/mol. The zero-order chi connectivity index (χ0) is 11.8. The Morgan fingerprint density at radius 2 is 2.38 bits per heavy atom. The number of hydrogen-bond acceptors (Lipinski definition) is 3. The summed E-state index contributed by atoms with van der Waals surface area (Å²) in [7, 11) is 0. The number of unbranched alkanes of at least 4 members (excludes halogenated alkanes) is 1. The van der Waals surface area contributed by atoms with Gasteiger partial charge >= 0.3 is 0 Å². The quantitative estimate of drug-likeness (QED) is 0.705. The third-order valence-corrected chi connectivity index (χ3v) is 2.66. The van der Waals surface area contributed by atoms with E-state index in [2.05, 4.69) is 24.3 Å². The minimum absolute atomic E-state index is 0.140. The fourth-order valence-corrected chi connectivity index (χ4v) is 1.63. The van der Waals surface area contributed by atoms with E-state index in [4.69, 9.17) is 5.11 Å². The molecule has 0 aliphatic carbocycles. The second-order valence-electron chi connectivity index (χ2n) is 4.26. The van der Waals surface area contributed by atoms with E-state index in [0.717, 1.165) is 6.54 Å². The van der Waals surface area contributed by atoms with E-state index >= 15 is 0 Å². The van der Waals surface area contributed by atoms with Crippen LogP contribution in [-0.4, -0.2) is 27.5 Å². The zero-order valence-corrected chi connectivity index (χ0v) is 10.3. The molecule has 1 aromatic heterocycles. The van der Waals surface area contributed by atoms with Crippen molar-refractivity contribution in [3.63, 3.8) is 0 Å². The van der Waals surface area contributed by atoms with Crippen LogP contribution in [-0.2, 0) is 13.1 Å². The van der Waals surface area contributed by atoms with Crippen molar-refractivity contribution in [3.05, 3.63) is 18.0 Å². The summed E-state index contributed by atoms with van der Waals surface area (Å²) in [6.07, 6.45) is 7.59. The number of nitrogens with zero attached hydrogens (tertiary/aromatic N) is 2. The molecule has 1 atom stereocenters. The molecule has 0 spiro atoms. The van der Waals surface area contributed by atoms with Crippen LogP contribution in [0.3, 0.4) is 0 Å². The second-order valence-corrected chi connectivity index (χ2v) is 4.26.